The quantitative estimate of drug-likeness (QED) is 0.294. The maximum Gasteiger partial charge on any atom is 0.340 e. The molecule has 0 bridgehead atoms. The van der Waals surface area contributed by atoms with Crippen LogP contribution in [0.25, 0.3) is 0 Å². The van der Waals surface area contributed by atoms with Gasteiger partial charge in [-0.1, -0.05) is 60.6 Å². The molecule has 178 valence electrons. The van der Waals surface area contributed by atoms with E-state index in [2.05, 4.69) is 5.32 Å². The number of nitrogens with zero attached hydrogens (tertiary/aromatic N) is 1. The number of imide groups is 1. The number of nitrogens with one attached hydrogen (secondary N) is 1. The van der Waals surface area contributed by atoms with Crippen molar-refractivity contribution in [1.29, 1.82) is 0 Å². The van der Waals surface area contributed by atoms with E-state index >= 15 is 0 Å². The molecule has 0 aliphatic carbocycles. The Kier molecular flexibility index (Phi) is 7.53. The Labute approximate surface area is 210 Å². The van der Waals surface area contributed by atoms with Gasteiger partial charge in [-0.15, -0.1) is 0 Å². The molecule has 6 nitrogen and oxygen atoms in total. The molecule has 0 saturated heterocycles. The van der Waals surface area contributed by atoms with Gasteiger partial charge in [-0.3, -0.25) is 9.59 Å². The fourth-order valence-corrected chi connectivity index (χ4v) is 4.50. The highest BCUT2D eigenvalue weighted by Crippen LogP contribution is 2.39. The number of carbonyl (C=O) groups is 3. The zero-order chi connectivity index (χ0) is 24.9. The second kappa shape index (κ2) is 10.8. The summed E-state index contributed by atoms with van der Waals surface area (Å²) in [6.45, 7) is 2.07. The summed E-state index contributed by atoms with van der Waals surface area (Å²) < 4.78 is 18.9. The molecule has 1 aliphatic rings. The molecule has 9 heteroatoms. The number of halogens is 2. The van der Waals surface area contributed by atoms with Gasteiger partial charge in [0.05, 0.1) is 22.9 Å². The first-order chi connectivity index (χ1) is 16.9. The first-order valence-electron chi connectivity index (χ1n) is 10.7. The Balaban J connectivity index is 1.75. The summed E-state index contributed by atoms with van der Waals surface area (Å²) in [6, 6.07) is 19.2. The van der Waals surface area contributed by atoms with Gasteiger partial charge in [0.1, 0.15) is 16.4 Å². The van der Waals surface area contributed by atoms with Crippen LogP contribution in [0.1, 0.15) is 23.7 Å². The first-order valence-corrected chi connectivity index (χ1v) is 11.9. The van der Waals surface area contributed by atoms with Crippen LogP contribution in [-0.2, 0) is 14.3 Å². The van der Waals surface area contributed by atoms with E-state index in [1.165, 1.54) is 24.3 Å². The average molecular weight is 511 g/mol. The zero-order valence-corrected chi connectivity index (χ0v) is 20.2. The van der Waals surface area contributed by atoms with Crippen molar-refractivity contribution in [2.24, 2.45) is 0 Å². The van der Waals surface area contributed by atoms with E-state index in [9.17, 15) is 18.8 Å². The van der Waals surface area contributed by atoms with E-state index in [-0.39, 0.29) is 33.5 Å². The highest BCUT2D eigenvalue weighted by molar-refractivity contribution is 8.04. The van der Waals surface area contributed by atoms with Crippen molar-refractivity contribution in [3.8, 4) is 0 Å². The Morgan fingerprint density at radius 1 is 1.03 bits per heavy atom. The normalized spacial score (nSPS) is 13.4. The minimum absolute atomic E-state index is 0.0109. The number of thioether (sulfide) groups is 1. The fourth-order valence-electron chi connectivity index (χ4n) is 3.37. The standard InChI is InChI=1S/C26H20ClFN2O4S/c1-2-14-34-26(33)18-10-6-7-11-21(18)30-24(31)22(29-16-12-13-20(28)19(27)15-16)23(25(30)32)35-17-8-4-3-5-9-17/h3-13,15,29H,2,14H2,1H3. The maximum atomic E-state index is 13.7. The van der Waals surface area contributed by atoms with Crippen LogP contribution in [0.2, 0.25) is 5.02 Å². The molecule has 3 aromatic carbocycles. The van der Waals surface area contributed by atoms with Crippen LogP contribution in [0.3, 0.4) is 0 Å². The van der Waals surface area contributed by atoms with Gasteiger partial charge in [0, 0.05) is 10.6 Å². The highest BCUT2D eigenvalue weighted by Gasteiger charge is 2.41. The van der Waals surface area contributed by atoms with Gasteiger partial charge < -0.3 is 10.1 Å². The van der Waals surface area contributed by atoms with Crippen molar-refractivity contribution < 1.29 is 23.5 Å². The Morgan fingerprint density at radius 2 is 1.74 bits per heavy atom. The second-order valence-corrected chi connectivity index (χ2v) is 8.96. The molecule has 0 saturated carbocycles. The van der Waals surface area contributed by atoms with Gasteiger partial charge in [0.25, 0.3) is 11.8 Å². The fraction of sp³-hybridized carbons (Fsp3) is 0.115. The monoisotopic (exact) mass is 510 g/mol. The third-order valence-corrected chi connectivity index (χ3v) is 6.38. The van der Waals surface area contributed by atoms with Gasteiger partial charge >= 0.3 is 5.97 Å². The van der Waals surface area contributed by atoms with E-state index in [4.69, 9.17) is 16.3 Å². The van der Waals surface area contributed by atoms with Gasteiger partial charge in [-0.05, 0) is 48.9 Å². The number of rotatable bonds is 8. The lowest BCUT2D eigenvalue weighted by Crippen LogP contribution is -2.33. The number of amides is 2. The molecule has 35 heavy (non-hydrogen) atoms. The zero-order valence-electron chi connectivity index (χ0n) is 18.6. The third kappa shape index (κ3) is 5.23. The summed E-state index contributed by atoms with van der Waals surface area (Å²) in [5.74, 6) is -2.51. The molecule has 0 atom stereocenters. The van der Waals surface area contributed by atoms with Crippen molar-refractivity contribution in [2.45, 2.75) is 18.2 Å². The smallest absolute Gasteiger partial charge is 0.340 e. The largest absolute Gasteiger partial charge is 0.462 e. The molecule has 0 radical (unpaired) electrons. The van der Waals surface area contributed by atoms with E-state index in [1.54, 1.807) is 24.3 Å². The van der Waals surface area contributed by atoms with Gasteiger partial charge in [-0.2, -0.15) is 0 Å². The predicted octanol–water partition coefficient (Wildman–Crippen LogP) is 6.04. The average Bonchev–Trinajstić information content (AvgIpc) is 3.09. The van der Waals surface area contributed by atoms with Crippen LogP contribution in [0.4, 0.5) is 15.8 Å². The molecule has 0 spiro atoms. The lowest BCUT2D eigenvalue weighted by molar-refractivity contribution is -0.120. The molecule has 2 amide bonds. The Hall–Kier alpha value is -3.62. The van der Waals surface area contributed by atoms with Crippen LogP contribution >= 0.6 is 23.4 Å². The topological polar surface area (TPSA) is 75.7 Å². The SMILES string of the molecule is CCCOC(=O)c1ccccc1N1C(=O)C(Nc2ccc(F)c(Cl)c2)=C(Sc2ccccc2)C1=O. The number of carbonyl (C=O) groups excluding carboxylic acids is 3. The van der Waals surface area contributed by atoms with Crippen molar-refractivity contribution in [3.63, 3.8) is 0 Å². The first kappa shape index (κ1) is 24.5. The number of para-hydroxylation sites is 1. The number of anilines is 2. The molecular formula is C26H20ClFN2O4S. The molecule has 0 aromatic heterocycles. The second-order valence-electron chi connectivity index (χ2n) is 7.47. The van der Waals surface area contributed by atoms with Gasteiger partial charge in [0.2, 0.25) is 0 Å². The minimum Gasteiger partial charge on any atom is -0.462 e. The minimum atomic E-state index is -0.662. The Morgan fingerprint density at radius 3 is 2.46 bits per heavy atom. The number of hydrogen-bond acceptors (Lipinski definition) is 6. The Bertz CT molecular complexity index is 1330. The van der Waals surface area contributed by atoms with E-state index in [1.807, 2.05) is 25.1 Å². The number of ether oxygens (including phenoxy) is 1. The third-order valence-electron chi connectivity index (χ3n) is 5.00. The lowest BCUT2D eigenvalue weighted by Gasteiger charge is -2.18. The predicted molar refractivity (Wildman–Crippen MR) is 134 cm³/mol. The molecule has 0 fully saturated rings. The van der Waals surface area contributed by atoms with Crippen molar-refractivity contribution in [1.82, 2.24) is 0 Å². The molecule has 1 aliphatic heterocycles. The van der Waals surface area contributed by atoms with E-state index < -0.39 is 23.6 Å². The van der Waals surface area contributed by atoms with Gasteiger partial charge in [0.15, 0.2) is 0 Å². The summed E-state index contributed by atoms with van der Waals surface area (Å²) in [4.78, 5) is 41.6. The van der Waals surface area contributed by atoms with Crippen LogP contribution in [0, 0.1) is 5.82 Å². The van der Waals surface area contributed by atoms with Crippen LogP contribution in [0.5, 0.6) is 0 Å². The summed E-state index contributed by atoms with van der Waals surface area (Å²) in [7, 11) is 0. The van der Waals surface area contributed by atoms with E-state index in [0.717, 1.165) is 27.6 Å². The lowest BCUT2D eigenvalue weighted by atomic mass is 10.1. The van der Waals surface area contributed by atoms with Crippen molar-refractivity contribution in [2.75, 3.05) is 16.8 Å². The summed E-state index contributed by atoms with van der Waals surface area (Å²) >= 11 is 7.01. The van der Waals surface area contributed by atoms with Crippen LogP contribution in [-0.4, -0.2) is 24.4 Å². The van der Waals surface area contributed by atoms with Crippen molar-refractivity contribution in [3.05, 3.63) is 99.8 Å². The number of esters is 1. The van der Waals surface area contributed by atoms with Crippen LogP contribution < -0.4 is 10.2 Å². The summed E-state index contributed by atoms with van der Waals surface area (Å²) in [5.41, 5.74) is 0.529. The van der Waals surface area contributed by atoms with Crippen molar-refractivity contribution >= 4 is 52.5 Å². The molecule has 4 rings (SSSR count). The summed E-state index contributed by atoms with van der Waals surface area (Å²) in [6.07, 6.45) is 0.628. The molecule has 0 unspecified atom stereocenters. The number of hydrogen-bond donors (Lipinski definition) is 1. The molecular weight excluding hydrogens is 491 g/mol. The van der Waals surface area contributed by atoms with E-state index in [0.29, 0.717) is 12.1 Å². The van der Waals surface area contributed by atoms with Gasteiger partial charge in [-0.25, -0.2) is 14.1 Å². The highest BCUT2D eigenvalue weighted by atomic mass is 35.5. The number of benzene rings is 3. The van der Waals surface area contributed by atoms with Crippen LogP contribution in [0.15, 0.2) is 88.3 Å². The maximum absolute atomic E-state index is 13.7. The molecule has 3 aromatic rings. The summed E-state index contributed by atoms with van der Waals surface area (Å²) in [5, 5.41) is 2.79. The molecule has 1 heterocycles. The molecule has 1 N–H and O–H groups in total.